The smallest absolute Gasteiger partial charge is 0.133 e. The molecule has 9 atom stereocenters. The van der Waals surface area contributed by atoms with Crippen LogP contribution in [0, 0.1) is 40.4 Å². The van der Waals surface area contributed by atoms with Gasteiger partial charge in [0.25, 0.3) is 0 Å². The molecule has 0 radical (unpaired) electrons. The van der Waals surface area contributed by atoms with Gasteiger partial charge in [-0.3, -0.25) is 4.79 Å². The number of carbonyl (C=O) groups is 1. The molecule has 0 saturated heterocycles. The van der Waals surface area contributed by atoms with Gasteiger partial charge in [-0.15, -0.1) is 0 Å². The molecule has 2 N–H and O–H groups in total. The Kier molecular flexibility index (Phi) is 4.74. The van der Waals surface area contributed by atoms with E-state index in [1.165, 1.54) is 6.42 Å². The van der Waals surface area contributed by atoms with E-state index in [4.69, 9.17) is 10.1 Å². The van der Waals surface area contributed by atoms with Crippen molar-refractivity contribution in [2.75, 3.05) is 0 Å². The molecule has 148 valence electrons. The van der Waals surface area contributed by atoms with Crippen molar-refractivity contribution in [3.8, 4) is 0 Å². The number of carbonyl (C=O) groups excluding carboxylic acids is 1. The Labute approximate surface area is 156 Å². The number of hydrogen-bond donors (Lipinski definition) is 2. The molecule has 4 rings (SSSR count). The quantitative estimate of drug-likeness (QED) is 0.583. The van der Waals surface area contributed by atoms with Crippen LogP contribution in [0.2, 0.25) is 0 Å². The Morgan fingerprint density at radius 3 is 2.35 bits per heavy atom. The standard InChI is InChI=1S/C21H34O5/c1-12(22)15-4-5-16-14-11-19(23)18-10-13(25-26-24)6-8-21(18,3)17(14)7-9-20(15,16)2/h13-19,23-24H,4-11H2,1-3H3/t13-,14?,15+,16?,17?,18+,19-,20+,21+/m0/s1. The minimum atomic E-state index is -0.329. The van der Waals surface area contributed by atoms with Gasteiger partial charge in [-0.05, 0) is 92.8 Å². The summed E-state index contributed by atoms with van der Waals surface area (Å²) < 4.78 is 0. The number of rotatable bonds is 3. The Balaban J connectivity index is 1.60. The molecule has 3 unspecified atom stereocenters. The molecule has 0 spiro atoms. The van der Waals surface area contributed by atoms with Gasteiger partial charge >= 0.3 is 0 Å². The van der Waals surface area contributed by atoms with Crippen LogP contribution >= 0.6 is 0 Å². The first-order valence-corrected chi connectivity index (χ1v) is 10.5. The lowest BCUT2D eigenvalue weighted by atomic mass is 9.44. The predicted octanol–water partition coefficient (Wildman–Crippen LogP) is 3.99. The maximum Gasteiger partial charge on any atom is 0.133 e. The van der Waals surface area contributed by atoms with Crippen molar-refractivity contribution >= 4 is 5.78 Å². The molecule has 4 saturated carbocycles. The van der Waals surface area contributed by atoms with Crippen LogP contribution in [0.4, 0.5) is 0 Å². The fraction of sp³-hybridized carbons (Fsp3) is 0.952. The normalized spacial score (nSPS) is 53.5. The summed E-state index contributed by atoms with van der Waals surface area (Å²) in [4.78, 5) is 17.2. The Hall–Kier alpha value is -0.490. The first-order valence-electron chi connectivity index (χ1n) is 10.5. The van der Waals surface area contributed by atoms with Crippen LogP contribution in [-0.2, 0) is 14.7 Å². The second-order valence-corrected chi connectivity index (χ2v) is 10.1. The Morgan fingerprint density at radius 2 is 1.65 bits per heavy atom. The zero-order valence-corrected chi connectivity index (χ0v) is 16.3. The first kappa shape index (κ1) is 18.9. The van der Waals surface area contributed by atoms with Crippen LogP contribution < -0.4 is 0 Å². The summed E-state index contributed by atoms with van der Waals surface area (Å²) >= 11 is 0. The number of Topliss-reactive ketones (excluding diaryl/α,β-unsaturated/α-hetero) is 1. The zero-order valence-electron chi connectivity index (χ0n) is 16.3. The predicted molar refractivity (Wildman–Crippen MR) is 95.9 cm³/mol. The third-order valence-corrected chi connectivity index (χ3v) is 9.30. The summed E-state index contributed by atoms with van der Waals surface area (Å²) in [5.74, 6) is 2.48. The number of fused-ring (bicyclic) bond motifs is 5. The lowest BCUT2D eigenvalue weighted by Crippen LogP contribution is -2.58. The lowest BCUT2D eigenvalue weighted by Gasteiger charge is -2.62. The molecule has 0 amide bonds. The van der Waals surface area contributed by atoms with Crippen LogP contribution in [0.5, 0.6) is 0 Å². The van der Waals surface area contributed by atoms with Crippen LogP contribution in [-0.4, -0.2) is 28.4 Å². The summed E-state index contributed by atoms with van der Waals surface area (Å²) in [5.41, 5.74) is 0.244. The molecule has 26 heavy (non-hydrogen) atoms. The van der Waals surface area contributed by atoms with Crippen molar-refractivity contribution in [3.05, 3.63) is 0 Å². The monoisotopic (exact) mass is 366 g/mol. The maximum atomic E-state index is 12.2. The van der Waals surface area contributed by atoms with Gasteiger partial charge in [-0.1, -0.05) is 18.9 Å². The molecule has 4 aliphatic carbocycles. The third kappa shape index (κ3) is 2.61. The average Bonchev–Trinajstić information content (AvgIpc) is 2.94. The van der Waals surface area contributed by atoms with Crippen LogP contribution in [0.15, 0.2) is 0 Å². The highest BCUT2D eigenvalue weighted by atomic mass is 17.5. The van der Waals surface area contributed by atoms with Crippen LogP contribution in [0.1, 0.15) is 72.1 Å². The summed E-state index contributed by atoms with van der Waals surface area (Å²) in [6.07, 6.45) is 7.48. The van der Waals surface area contributed by atoms with Crippen LogP contribution in [0.3, 0.4) is 0 Å². The lowest BCUT2D eigenvalue weighted by molar-refractivity contribution is -0.510. The second kappa shape index (κ2) is 6.54. The minimum absolute atomic E-state index is 0.118. The average molecular weight is 366 g/mol. The summed E-state index contributed by atoms with van der Waals surface area (Å²) in [7, 11) is 0. The van der Waals surface area contributed by atoms with Gasteiger partial charge in [0.2, 0.25) is 0 Å². The van der Waals surface area contributed by atoms with E-state index in [2.05, 4.69) is 18.9 Å². The molecule has 0 aliphatic heterocycles. The highest BCUT2D eigenvalue weighted by Crippen LogP contribution is 2.67. The highest BCUT2D eigenvalue weighted by molar-refractivity contribution is 5.79. The van der Waals surface area contributed by atoms with Gasteiger partial charge in [0.1, 0.15) is 5.78 Å². The van der Waals surface area contributed by atoms with E-state index in [-0.39, 0.29) is 34.9 Å². The molecule has 5 nitrogen and oxygen atoms in total. The molecule has 0 heterocycles. The van der Waals surface area contributed by atoms with Gasteiger partial charge in [0.05, 0.1) is 12.2 Å². The van der Waals surface area contributed by atoms with Gasteiger partial charge in [0, 0.05) is 5.92 Å². The highest BCUT2D eigenvalue weighted by Gasteiger charge is 2.62. The van der Waals surface area contributed by atoms with E-state index in [0.29, 0.717) is 23.5 Å². The summed E-state index contributed by atoms with van der Waals surface area (Å²) in [6, 6.07) is 0. The number of aliphatic hydroxyl groups excluding tert-OH is 1. The van der Waals surface area contributed by atoms with E-state index < -0.39 is 0 Å². The molecule has 0 bridgehead atoms. The molecule has 0 aromatic rings. The van der Waals surface area contributed by atoms with Gasteiger partial charge in [-0.25, -0.2) is 10.1 Å². The fourth-order valence-corrected chi connectivity index (χ4v) is 8.08. The van der Waals surface area contributed by atoms with E-state index in [9.17, 15) is 9.90 Å². The molecule has 4 aliphatic rings. The molecule has 0 aromatic carbocycles. The molecule has 0 aromatic heterocycles. The third-order valence-electron chi connectivity index (χ3n) is 9.30. The zero-order chi connectivity index (χ0) is 18.7. The van der Waals surface area contributed by atoms with E-state index in [1.807, 2.05) is 0 Å². The van der Waals surface area contributed by atoms with Gasteiger partial charge in [0.15, 0.2) is 0 Å². The van der Waals surface area contributed by atoms with E-state index in [1.54, 1.807) is 6.92 Å². The molecular formula is C21H34O5. The molecule has 5 heteroatoms. The largest absolute Gasteiger partial charge is 0.393 e. The summed E-state index contributed by atoms with van der Waals surface area (Å²) in [6.45, 7) is 6.48. The van der Waals surface area contributed by atoms with E-state index >= 15 is 0 Å². The molecular weight excluding hydrogens is 332 g/mol. The van der Waals surface area contributed by atoms with Crippen molar-refractivity contribution in [2.24, 2.45) is 40.4 Å². The fourth-order valence-electron chi connectivity index (χ4n) is 8.08. The van der Waals surface area contributed by atoms with E-state index in [0.717, 1.165) is 44.9 Å². The van der Waals surface area contributed by atoms with Crippen molar-refractivity contribution in [3.63, 3.8) is 0 Å². The Bertz CT molecular complexity index is 565. The molecule has 4 fully saturated rings. The second-order valence-electron chi connectivity index (χ2n) is 10.1. The maximum absolute atomic E-state index is 12.2. The van der Waals surface area contributed by atoms with Crippen molar-refractivity contribution in [1.82, 2.24) is 0 Å². The Morgan fingerprint density at radius 1 is 0.962 bits per heavy atom. The first-order chi connectivity index (χ1) is 12.3. The van der Waals surface area contributed by atoms with Gasteiger partial charge in [-0.2, -0.15) is 0 Å². The number of ketones is 1. The van der Waals surface area contributed by atoms with Crippen molar-refractivity contribution in [1.29, 1.82) is 0 Å². The van der Waals surface area contributed by atoms with Gasteiger partial charge < -0.3 is 5.11 Å². The minimum Gasteiger partial charge on any atom is -0.393 e. The SMILES string of the molecule is CC(=O)[C@H]1CCC2C3C[C@H](O)[C@H]4C[C@@H](OOO)CC[C@]4(C)C3CC[C@@]21C. The van der Waals surface area contributed by atoms with Crippen molar-refractivity contribution in [2.45, 2.75) is 84.3 Å². The summed E-state index contributed by atoms with van der Waals surface area (Å²) in [5, 5.41) is 23.6. The van der Waals surface area contributed by atoms with Crippen LogP contribution in [0.25, 0.3) is 0 Å². The topological polar surface area (TPSA) is 76.0 Å². The van der Waals surface area contributed by atoms with Crippen molar-refractivity contribution < 1.29 is 25.1 Å². The number of aliphatic hydroxyl groups is 1. The number of hydrogen-bond acceptors (Lipinski definition) is 5.